The van der Waals surface area contributed by atoms with Crippen molar-refractivity contribution in [3.63, 3.8) is 0 Å². The number of nitrogens with zero attached hydrogens (tertiary/aromatic N) is 4. The normalized spacial score (nSPS) is 15.2. The molecule has 0 bridgehead atoms. The molecule has 1 aliphatic heterocycles. The van der Waals surface area contributed by atoms with E-state index in [9.17, 15) is 4.79 Å². The maximum absolute atomic E-state index is 11.4. The van der Waals surface area contributed by atoms with Crippen LogP contribution in [0.4, 0.5) is 11.6 Å². The van der Waals surface area contributed by atoms with Crippen LogP contribution in [-0.4, -0.2) is 53.6 Å². The topological polar surface area (TPSA) is 96.6 Å². The number of nitrogens with one attached hydrogen (secondary N) is 1. The predicted molar refractivity (Wildman–Crippen MR) is 79.6 cm³/mol. The minimum atomic E-state index is 0.110. The Bertz CT molecular complexity index is 488. The Hall–Kier alpha value is -1.93. The molecule has 1 fully saturated rings. The molecule has 3 N–H and O–H groups in total. The number of anilines is 2. The van der Waals surface area contributed by atoms with Crippen molar-refractivity contribution in [2.45, 2.75) is 20.5 Å². The first kappa shape index (κ1) is 15.5. The lowest BCUT2D eigenvalue weighted by Gasteiger charge is -2.35. The van der Waals surface area contributed by atoms with Crippen LogP contribution in [0.25, 0.3) is 0 Å². The van der Waals surface area contributed by atoms with Crippen LogP contribution in [0.5, 0.6) is 0 Å². The fraction of sp³-hybridized carbons (Fsp3) is 0.615. The number of aromatic nitrogens is 2. The van der Waals surface area contributed by atoms with Gasteiger partial charge in [-0.1, -0.05) is 0 Å². The molecule has 116 valence electrons. The van der Waals surface area contributed by atoms with Gasteiger partial charge in [-0.2, -0.15) is 0 Å². The predicted octanol–water partition coefficient (Wildman–Crippen LogP) is -0.0328. The molecule has 0 aromatic carbocycles. The van der Waals surface area contributed by atoms with Crippen molar-refractivity contribution < 1.29 is 9.53 Å². The largest absolute Gasteiger partial charge is 0.374 e. The van der Waals surface area contributed by atoms with E-state index >= 15 is 0 Å². The summed E-state index contributed by atoms with van der Waals surface area (Å²) in [6.45, 7) is 7.37. The molecule has 8 nitrogen and oxygen atoms in total. The van der Waals surface area contributed by atoms with E-state index in [0.717, 1.165) is 18.9 Å². The van der Waals surface area contributed by atoms with Crippen molar-refractivity contribution >= 4 is 17.5 Å². The second-order valence-electron chi connectivity index (χ2n) is 4.80. The average molecular weight is 294 g/mol. The number of ether oxygens (including phenoxy) is 1. The van der Waals surface area contributed by atoms with Crippen molar-refractivity contribution in [2.24, 2.45) is 5.84 Å². The molecule has 0 saturated carbocycles. The highest BCUT2D eigenvalue weighted by atomic mass is 16.5. The fourth-order valence-electron chi connectivity index (χ4n) is 2.23. The van der Waals surface area contributed by atoms with E-state index in [4.69, 9.17) is 10.6 Å². The first-order valence-electron chi connectivity index (χ1n) is 7.06. The van der Waals surface area contributed by atoms with E-state index in [1.54, 1.807) is 13.0 Å². The molecule has 2 heterocycles. The highest BCUT2D eigenvalue weighted by Gasteiger charge is 2.20. The summed E-state index contributed by atoms with van der Waals surface area (Å²) >= 11 is 0. The number of carbonyl (C=O) groups excluding carboxylic acids is 1. The molecule has 1 aromatic rings. The van der Waals surface area contributed by atoms with E-state index in [1.165, 1.54) is 0 Å². The number of carbonyl (C=O) groups is 1. The van der Waals surface area contributed by atoms with Crippen molar-refractivity contribution in [2.75, 3.05) is 43.1 Å². The first-order valence-corrected chi connectivity index (χ1v) is 7.06. The van der Waals surface area contributed by atoms with E-state index < -0.39 is 0 Å². The van der Waals surface area contributed by atoms with Crippen LogP contribution in [0.1, 0.15) is 19.7 Å². The van der Waals surface area contributed by atoms with Gasteiger partial charge >= 0.3 is 0 Å². The standard InChI is InChI=1S/C13H22N6O2/c1-3-21-9-12-15-11(17-14)8-13(16-12)19-6-4-18(5-7-19)10(2)20/h8H,3-7,9,14H2,1-2H3,(H,15,16,17). The SMILES string of the molecule is CCOCc1nc(NN)cc(N2CCN(C(C)=O)CC2)n1. The summed E-state index contributed by atoms with van der Waals surface area (Å²) in [6.07, 6.45) is 0. The molecular formula is C13H22N6O2. The van der Waals surface area contributed by atoms with Gasteiger partial charge in [0.05, 0.1) is 0 Å². The van der Waals surface area contributed by atoms with Gasteiger partial charge in [0.1, 0.15) is 18.2 Å². The number of piperazine rings is 1. The minimum Gasteiger partial charge on any atom is -0.374 e. The number of rotatable bonds is 5. The molecule has 8 heteroatoms. The molecule has 0 spiro atoms. The summed E-state index contributed by atoms with van der Waals surface area (Å²) in [4.78, 5) is 24.1. The molecule has 0 aliphatic carbocycles. The second-order valence-corrected chi connectivity index (χ2v) is 4.80. The number of nitrogen functional groups attached to an aromatic ring is 1. The van der Waals surface area contributed by atoms with Gasteiger partial charge in [-0.15, -0.1) is 0 Å². The first-order chi connectivity index (χ1) is 10.1. The number of nitrogens with two attached hydrogens (primary N) is 1. The average Bonchev–Trinajstić information content (AvgIpc) is 2.52. The molecule has 1 amide bonds. The maximum atomic E-state index is 11.4. The van der Waals surface area contributed by atoms with E-state index in [1.807, 2.05) is 11.8 Å². The van der Waals surface area contributed by atoms with Gasteiger partial charge in [-0.25, -0.2) is 15.8 Å². The Morgan fingerprint density at radius 1 is 1.38 bits per heavy atom. The molecule has 0 atom stereocenters. The van der Waals surface area contributed by atoms with Crippen LogP contribution in [0.2, 0.25) is 0 Å². The van der Waals surface area contributed by atoms with Gasteiger partial charge < -0.3 is 20.0 Å². The van der Waals surface area contributed by atoms with Gasteiger partial charge in [0.15, 0.2) is 5.82 Å². The summed E-state index contributed by atoms with van der Waals surface area (Å²) in [7, 11) is 0. The van der Waals surface area contributed by atoms with Crippen LogP contribution in [-0.2, 0) is 16.1 Å². The minimum absolute atomic E-state index is 0.110. The molecule has 0 radical (unpaired) electrons. The van der Waals surface area contributed by atoms with Gasteiger partial charge in [0.2, 0.25) is 5.91 Å². The van der Waals surface area contributed by atoms with E-state index in [2.05, 4.69) is 20.3 Å². The molecule has 2 rings (SSSR count). The van der Waals surface area contributed by atoms with Gasteiger partial charge in [-0.3, -0.25) is 4.79 Å². The second kappa shape index (κ2) is 7.19. The zero-order valence-electron chi connectivity index (χ0n) is 12.5. The van der Waals surface area contributed by atoms with Crippen molar-refractivity contribution in [3.05, 3.63) is 11.9 Å². The lowest BCUT2D eigenvalue weighted by molar-refractivity contribution is -0.129. The number of amides is 1. The highest BCUT2D eigenvalue weighted by molar-refractivity contribution is 5.73. The summed E-state index contributed by atoms with van der Waals surface area (Å²) in [6, 6.07) is 1.80. The number of hydrazine groups is 1. The number of hydrogen-bond acceptors (Lipinski definition) is 7. The monoisotopic (exact) mass is 294 g/mol. The van der Waals surface area contributed by atoms with E-state index in [0.29, 0.717) is 37.9 Å². The van der Waals surface area contributed by atoms with Crippen molar-refractivity contribution in [1.82, 2.24) is 14.9 Å². The Kier molecular flexibility index (Phi) is 5.29. The lowest BCUT2D eigenvalue weighted by atomic mass is 10.3. The Morgan fingerprint density at radius 2 is 2.10 bits per heavy atom. The fourth-order valence-corrected chi connectivity index (χ4v) is 2.23. The van der Waals surface area contributed by atoms with Gasteiger partial charge in [-0.05, 0) is 6.92 Å². The van der Waals surface area contributed by atoms with Crippen molar-refractivity contribution in [1.29, 1.82) is 0 Å². The zero-order chi connectivity index (χ0) is 15.2. The maximum Gasteiger partial charge on any atom is 0.219 e. The summed E-state index contributed by atoms with van der Waals surface area (Å²) in [5.41, 5.74) is 2.55. The smallest absolute Gasteiger partial charge is 0.219 e. The van der Waals surface area contributed by atoms with Crippen LogP contribution < -0.4 is 16.2 Å². The third-order valence-corrected chi connectivity index (χ3v) is 3.39. The van der Waals surface area contributed by atoms with Gasteiger partial charge in [0.25, 0.3) is 0 Å². The third kappa shape index (κ3) is 4.02. The zero-order valence-corrected chi connectivity index (χ0v) is 12.5. The van der Waals surface area contributed by atoms with Gasteiger partial charge in [0, 0.05) is 45.8 Å². The molecule has 21 heavy (non-hydrogen) atoms. The quantitative estimate of drug-likeness (QED) is 0.581. The van der Waals surface area contributed by atoms with Crippen LogP contribution >= 0.6 is 0 Å². The highest BCUT2D eigenvalue weighted by Crippen LogP contribution is 2.18. The summed E-state index contributed by atoms with van der Waals surface area (Å²) in [5.74, 6) is 7.52. The Morgan fingerprint density at radius 3 is 2.67 bits per heavy atom. The Labute approximate surface area is 124 Å². The molecule has 1 aromatic heterocycles. The molecule has 1 saturated heterocycles. The molecular weight excluding hydrogens is 272 g/mol. The molecule has 1 aliphatic rings. The lowest BCUT2D eigenvalue weighted by Crippen LogP contribution is -2.48. The van der Waals surface area contributed by atoms with Crippen LogP contribution in [0.3, 0.4) is 0 Å². The third-order valence-electron chi connectivity index (χ3n) is 3.39. The molecule has 0 unspecified atom stereocenters. The van der Waals surface area contributed by atoms with Crippen molar-refractivity contribution in [3.8, 4) is 0 Å². The van der Waals surface area contributed by atoms with Crippen LogP contribution in [0.15, 0.2) is 6.07 Å². The summed E-state index contributed by atoms with van der Waals surface area (Å²) in [5, 5.41) is 0. The number of hydrogen-bond donors (Lipinski definition) is 2. The van der Waals surface area contributed by atoms with E-state index in [-0.39, 0.29) is 5.91 Å². The summed E-state index contributed by atoms with van der Waals surface area (Å²) < 4.78 is 5.34. The van der Waals surface area contributed by atoms with Crippen LogP contribution in [0, 0.1) is 0 Å². The Balaban J connectivity index is 2.10.